The molecule has 1 unspecified atom stereocenters. The lowest BCUT2D eigenvalue weighted by Gasteiger charge is -2.29. The molecule has 0 amide bonds. The summed E-state index contributed by atoms with van der Waals surface area (Å²) in [5.41, 5.74) is -2.69. The topological polar surface area (TPSA) is 71.0 Å². The van der Waals surface area contributed by atoms with Gasteiger partial charge in [-0.1, -0.05) is 0 Å². The quantitative estimate of drug-likeness (QED) is 0.311. The zero-order valence-corrected chi connectivity index (χ0v) is 16.2. The number of fused-ring (bicyclic) bond motifs is 1. The first-order valence-corrected chi connectivity index (χ1v) is 9.23. The van der Waals surface area contributed by atoms with Crippen molar-refractivity contribution in [1.29, 1.82) is 0 Å². The first kappa shape index (κ1) is 23.1. The molecule has 0 spiro atoms. The molecule has 2 heterocycles. The molecule has 6 nitrogen and oxygen atoms in total. The van der Waals surface area contributed by atoms with Crippen molar-refractivity contribution in [3.05, 3.63) is 46.7 Å². The smallest absolute Gasteiger partial charge is 0.416 e. The number of nitrogens with zero attached hydrogens (tertiary/aromatic N) is 2. The van der Waals surface area contributed by atoms with Crippen molar-refractivity contribution in [2.45, 2.75) is 24.5 Å². The molecular formula is C18H14ClF6N3O3. The maximum Gasteiger partial charge on any atom is 0.416 e. The fourth-order valence-electron chi connectivity index (χ4n) is 3.05. The number of carbonyl (C=O) groups excluding carboxylic acids is 2. The van der Waals surface area contributed by atoms with Crippen LogP contribution in [-0.2, 0) is 33.3 Å². The van der Waals surface area contributed by atoms with Gasteiger partial charge in [0, 0.05) is 6.21 Å². The van der Waals surface area contributed by atoms with Gasteiger partial charge in [0.2, 0.25) is 5.54 Å². The zero-order chi connectivity index (χ0) is 23.0. The maximum absolute atomic E-state index is 13.0. The summed E-state index contributed by atoms with van der Waals surface area (Å²) in [5.74, 6) is -2.63. The number of alkyl halides is 7. The van der Waals surface area contributed by atoms with Gasteiger partial charge in [0.1, 0.15) is 6.61 Å². The lowest BCUT2D eigenvalue weighted by atomic mass is 9.95. The van der Waals surface area contributed by atoms with Crippen molar-refractivity contribution in [2.75, 3.05) is 19.0 Å². The molecule has 168 valence electrons. The number of hydrazine groups is 1. The molecule has 1 aromatic rings. The second kappa shape index (κ2) is 8.15. The SMILES string of the molecule is O=C(CCl)C1(C(=O)OCc2cc(C(F)(F)F)cc(C(F)(F)F)c2)C=C2C=NCCN2N1. The third-order valence-corrected chi connectivity index (χ3v) is 4.81. The second-order valence-electron chi connectivity index (χ2n) is 6.72. The summed E-state index contributed by atoms with van der Waals surface area (Å²) < 4.78 is 82.9. The van der Waals surface area contributed by atoms with Gasteiger partial charge in [-0.05, 0) is 29.8 Å². The van der Waals surface area contributed by atoms with Crippen LogP contribution in [0.3, 0.4) is 0 Å². The highest BCUT2D eigenvalue weighted by Gasteiger charge is 2.51. The van der Waals surface area contributed by atoms with E-state index in [2.05, 4.69) is 10.4 Å². The highest BCUT2D eigenvalue weighted by atomic mass is 35.5. The first-order valence-electron chi connectivity index (χ1n) is 8.70. The van der Waals surface area contributed by atoms with E-state index >= 15 is 0 Å². The minimum atomic E-state index is -5.05. The van der Waals surface area contributed by atoms with Gasteiger partial charge >= 0.3 is 18.3 Å². The van der Waals surface area contributed by atoms with Crippen molar-refractivity contribution >= 4 is 29.6 Å². The average molecular weight is 470 g/mol. The number of allylic oxidation sites excluding steroid dienone is 1. The number of ether oxygens (including phenoxy) is 1. The fourth-order valence-corrected chi connectivity index (χ4v) is 3.26. The van der Waals surface area contributed by atoms with Crippen LogP contribution in [0.2, 0.25) is 0 Å². The molecule has 0 aliphatic carbocycles. The number of hydrogen-bond donors (Lipinski definition) is 1. The van der Waals surface area contributed by atoms with Crippen LogP contribution in [0.4, 0.5) is 26.3 Å². The van der Waals surface area contributed by atoms with E-state index in [1.54, 1.807) is 0 Å². The molecule has 0 aromatic heterocycles. The van der Waals surface area contributed by atoms with E-state index in [4.69, 9.17) is 16.3 Å². The van der Waals surface area contributed by atoms with Gasteiger partial charge < -0.3 is 9.75 Å². The number of rotatable bonds is 5. The molecule has 1 N–H and O–H groups in total. The van der Waals surface area contributed by atoms with Crippen LogP contribution in [0.5, 0.6) is 0 Å². The predicted octanol–water partition coefficient (Wildman–Crippen LogP) is 3.10. The van der Waals surface area contributed by atoms with Crippen LogP contribution in [-0.4, -0.2) is 47.5 Å². The molecule has 1 atom stereocenters. The zero-order valence-electron chi connectivity index (χ0n) is 15.5. The average Bonchev–Trinajstić information content (AvgIpc) is 3.10. The van der Waals surface area contributed by atoms with Crippen molar-refractivity contribution in [3.63, 3.8) is 0 Å². The Morgan fingerprint density at radius 3 is 2.26 bits per heavy atom. The predicted molar refractivity (Wildman–Crippen MR) is 96.0 cm³/mol. The molecule has 2 aliphatic heterocycles. The van der Waals surface area contributed by atoms with Gasteiger partial charge in [0.25, 0.3) is 0 Å². The Bertz CT molecular complexity index is 928. The highest BCUT2D eigenvalue weighted by molar-refractivity contribution is 6.32. The van der Waals surface area contributed by atoms with Crippen molar-refractivity contribution in [3.8, 4) is 0 Å². The number of halogens is 7. The van der Waals surface area contributed by atoms with E-state index in [1.165, 1.54) is 17.3 Å². The normalized spacial score (nSPS) is 21.0. The van der Waals surface area contributed by atoms with Crippen LogP contribution in [0.1, 0.15) is 16.7 Å². The monoisotopic (exact) mass is 469 g/mol. The number of nitrogens with one attached hydrogen (secondary N) is 1. The summed E-state index contributed by atoms with van der Waals surface area (Å²) >= 11 is 5.59. The highest BCUT2D eigenvalue weighted by Crippen LogP contribution is 2.36. The van der Waals surface area contributed by atoms with Gasteiger partial charge in [0.15, 0.2) is 5.78 Å². The van der Waals surface area contributed by atoms with E-state index in [-0.39, 0.29) is 6.07 Å². The van der Waals surface area contributed by atoms with E-state index in [0.29, 0.717) is 30.9 Å². The van der Waals surface area contributed by atoms with Crippen LogP contribution in [0.25, 0.3) is 0 Å². The number of aliphatic imine (C=N–C) groups is 1. The summed E-state index contributed by atoms with van der Waals surface area (Å²) in [6, 6.07) is 0.841. The summed E-state index contributed by atoms with van der Waals surface area (Å²) in [6.07, 6.45) is -7.49. The van der Waals surface area contributed by atoms with E-state index in [0.717, 1.165) is 0 Å². The third-order valence-electron chi connectivity index (χ3n) is 4.56. The van der Waals surface area contributed by atoms with Gasteiger partial charge in [-0.15, -0.1) is 11.6 Å². The number of esters is 1. The first-order chi connectivity index (χ1) is 14.4. The van der Waals surface area contributed by atoms with E-state index in [1.807, 2.05) is 0 Å². The van der Waals surface area contributed by atoms with Gasteiger partial charge in [-0.3, -0.25) is 9.79 Å². The van der Waals surface area contributed by atoms with Gasteiger partial charge in [0.05, 0.1) is 35.8 Å². The number of Topliss-reactive ketones (excluding diaryl/α,β-unsaturated/α-hetero) is 1. The van der Waals surface area contributed by atoms with Crippen molar-refractivity contribution < 1.29 is 40.7 Å². The molecule has 0 saturated heterocycles. The minimum Gasteiger partial charge on any atom is -0.459 e. The Hall–Kier alpha value is -2.60. The minimum absolute atomic E-state index is 0.0376. The van der Waals surface area contributed by atoms with Crippen LogP contribution < -0.4 is 5.43 Å². The molecular weight excluding hydrogens is 456 g/mol. The Morgan fingerprint density at radius 2 is 1.74 bits per heavy atom. The standard InChI is InChI=1S/C18H14ClF6N3O3/c19-7-14(29)16(6-13-8-26-1-2-28(13)27-16)15(30)31-9-10-3-11(17(20,21)22)5-12(4-10)18(23,24)25/h3-6,8,27H,1-2,7,9H2. The Morgan fingerprint density at radius 1 is 1.13 bits per heavy atom. The molecule has 0 radical (unpaired) electrons. The van der Waals surface area contributed by atoms with Gasteiger partial charge in [-0.2, -0.15) is 26.3 Å². The van der Waals surface area contributed by atoms with Gasteiger partial charge in [-0.25, -0.2) is 10.2 Å². The number of benzene rings is 1. The Balaban J connectivity index is 1.87. The molecule has 3 rings (SSSR count). The Kier molecular flexibility index (Phi) is 6.07. The molecule has 1 aromatic carbocycles. The fraction of sp³-hybridized carbons (Fsp3) is 0.389. The summed E-state index contributed by atoms with van der Waals surface area (Å²) in [4.78, 5) is 29.1. The van der Waals surface area contributed by atoms with E-state index in [9.17, 15) is 35.9 Å². The third kappa shape index (κ3) is 4.69. The molecule has 31 heavy (non-hydrogen) atoms. The molecule has 2 aliphatic rings. The summed E-state index contributed by atoms with van der Waals surface area (Å²) in [6.45, 7) is -0.243. The van der Waals surface area contributed by atoms with E-state index < -0.39 is 58.8 Å². The van der Waals surface area contributed by atoms with Crippen molar-refractivity contribution in [2.24, 2.45) is 4.99 Å². The number of hydrogen-bond acceptors (Lipinski definition) is 6. The lowest BCUT2D eigenvalue weighted by molar-refractivity contribution is -0.155. The molecule has 0 bridgehead atoms. The summed E-state index contributed by atoms with van der Waals surface area (Å²) in [5, 5.41) is 1.45. The molecule has 0 fully saturated rings. The van der Waals surface area contributed by atoms with Crippen LogP contribution >= 0.6 is 11.6 Å². The number of ketones is 1. The molecule has 13 heteroatoms. The molecule has 0 saturated carbocycles. The Labute approximate surface area is 176 Å². The number of carbonyl (C=O) groups is 2. The van der Waals surface area contributed by atoms with Crippen LogP contribution in [0.15, 0.2) is 35.0 Å². The lowest BCUT2D eigenvalue weighted by Crippen LogP contribution is -2.59. The summed E-state index contributed by atoms with van der Waals surface area (Å²) in [7, 11) is 0. The maximum atomic E-state index is 13.0. The largest absolute Gasteiger partial charge is 0.459 e. The second-order valence-corrected chi connectivity index (χ2v) is 6.99. The van der Waals surface area contributed by atoms with Crippen LogP contribution in [0, 0.1) is 0 Å². The van der Waals surface area contributed by atoms with Crippen molar-refractivity contribution in [1.82, 2.24) is 10.4 Å².